The summed E-state index contributed by atoms with van der Waals surface area (Å²) in [6.07, 6.45) is 1.08. The molecule has 0 saturated carbocycles. The lowest BCUT2D eigenvalue weighted by molar-refractivity contribution is -0.143. The van der Waals surface area contributed by atoms with Crippen LogP contribution in [0.4, 0.5) is 0 Å². The molecule has 2 N–H and O–H groups in total. The molecule has 1 heterocycles. The van der Waals surface area contributed by atoms with Crippen LogP contribution < -0.4 is 16.1 Å². The highest BCUT2D eigenvalue weighted by molar-refractivity contribution is 6.19. The van der Waals surface area contributed by atoms with Crippen LogP contribution in [-0.2, 0) is 9.59 Å². The van der Waals surface area contributed by atoms with E-state index in [0.717, 1.165) is 4.73 Å². The number of nitrogens with zero attached hydrogens (tertiary/aromatic N) is 1. The maximum atomic E-state index is 10.7. The van der Waals surface area contributed by atoms with Crippen molar-refractivity contribution in [3.8, 4) is 0 Å². The Morgan fingerprint density at radius 1 is 1.60 bits per heavy atom. The Kier molecular flexibility index (Phi) is 5.16. The van der Waals surface area contributed by atoms with E-state index in [4.69, 9.17) is 14.7 Å². The Bertz CT molecular complexity index is 445. The number of H-pyrrole nitrogens is 1. The van der Waals surface area contributed by atoms with Gasteiger partial charge in [0.15, 0.2) is 0 Å². The maximum absolute atomic E-state index is 10.7. The summed E-state index contributed by atoms with van der Waals surface area (Å²) in [7, 11) is 1.33. The summed E-state index contributed by atoms with van der Waals surface area (Å²) in [4.78, 5) is 45.5. The van der Waals surface area contributed by atoms with E-state index in [2.05, 4.69) is 4.84 Å². The van der Waals surface area contributed by atoms with E-state index in [0.29, 0.717) is 0 Å². The van der Waals surface area contributed by atoms with Crippen LogP contribution in [0, 0.1) is 0 Å². The van der Waals surface area contributed by atoms with Crippen LogP contribution >= 0.6 is 0 Å². The number of hydrogen-bond acceptors (Lipinski definition) is 5. The van der Waals surface area contributed by atoms with Gasteiger partial charge in [-0.25, -0.2) is 9.59 Å². The third-order valence-corrected chi connectivity index (χ3v) is 1.09. The van der Waals surface area contributed by atoms with E-state index in [9.17, 15) is 9.59 Å². The highest BCUT2D eigenvalue weighted by atomic mass is 16.6. The van der Waals surface area contributed by atoms with Gasteiger partial charge in [-0.3, -0.25) is 14.6 Å². The summed E-state index contributed by atoms with van der Waals surface area (Å²) >= 11 is 0. The van der Waals surface area contributed by atoms with Gasteiger partial charge in [-0.1, -0.05) is 0 Å². The Morgan fingerprint density at radius 2 is 2.13 bits per heavy atom. The number of carbonyl (C=O) groups excluding carboxylic acids is 1. The molecule has 1 aromatic heterocycles. The van der Waals surface area contributed by atoms with Crippen molar-refractivity contribution in [3.63, 3.8) is 0 Å². The van der Waals surface area contributed by atoms with Crippen LogP contribution in [0.2, 0.25) is 0 Å². The van der Waals surface area contributed by atoms with Crippen molar-refractivity contribution in [2.75, 3.05) is 7.11 Å². The Balaban J connectivity index is 0.000000336. The highest BCUT2D eigenvalue weighted by Crippen LogP contribution is 1.64. The first-order valence-corrected chi connectivity index (χ1v) is 3.55. The van der Waals surface area contributed by atoms with Gasteiger partial charge in [0.05, 0.1) is 6.20 Å². The topological polar surface area (TPSA) is 118 Å². The summed E-state index contributed by atoms with van der Waals surface area (Å²) in [5, 5.41) is 7.35. The molecule has 1 aromatic rings. The SMILES string of the molecule is COn1ccc(=O)[nH]c1=O.O=CC(=O)O. The lowest BCUT2D eigenvalue weighted by Gasteiger charge is -1.97. The molecule has 82 valence electrons. The standard InChI is InChI=1S/C5H6N2O3.C2H2O3/c1-10-7-3-2-4(8)6-5(7)9;3-1-2(4)5/h2-3H,1H3,(H,6,8,9);1H,(H,4,5). The van der Waals surface area contributed by atoms with Crippen molar-refractivity contribution in [2.24, 2.45) is 0 Å². The molecular weight excluding hydrogens is 208 g/mol. The molecule has 0 unspecified atom stereocenters. The number of aromatic nitrogens is 2. The number of aliphatic carboxylic acids is 1. The van der Waals surface area contributed by atoms with Gasteiger partial charge < -0.3 is 9.94 Å². The molecule has 8 heteroatoms. The van der Waals surface area contributed by atoms with Gasteiger partial charge in [0, 0.05) is 6.07 Å². The number of rotatable bonds is 2. The van der Waals surface area contributed by atoms with Crippen molar-refractivity contribution in [3.05, 3.63) is 33.1 Å². The number of carboxylic acid groups (broad SMARTS) is 1. The number of carbonyl (C=O) groups is 2. The molecule has 0 spiro atoms. The van der Waals surface area contributed by atoms with Crippen LogP contribution in [0.5, 0.6) is 0 Å². The van der Waals surface area contributed by atoms with Gasteiger partial charge in [0.1, 0.15) is 7.11 Å². The van der Waals surface area contributed by atoms with Crippen molar-refractivity contribution < 1.29 is 19.5 Å². The monoisotopic (exact) mass is 216 g/mol. The zero-order valence-corrected chi connectivity index (χ0v) is 7.67. The number of nitrogens with one attached hydrogen (secondary N) is 1. The maximum Gasteiger partial charge on any atom is 0.368 e. The number of hydrogen-bond donors (Lipinski definition) is 2. The second kappa shape index (κ2) is 6.13. The Labute approximate surface area is 82.7 Å². The summed E-state index contributed by atoms with van der Waals surface area (Å²) < 4.78 is 0.918. The van der Waals surface area contributed by atoms with Gasteiger partial charge in [-0.05, 0) is 0 Å². The number of aromatic amines is 1. The fourth-order valence-corrected chi connectivity index (χ4v) is 0.549. The van der Waals surface area contributed by atoms with Gasteiger partial charge in [0.25, 0.3) is 5.56 Å². The summed E-state index contributed by atoms with van der Waals surface area (Å²) in [6.45, 7) is 0. The average molecular weight is 216 g/mol. The predicted octanol–water partition coefficient (Wildman–Crippen LogP) is -2.14. The normalized spacial score (nSPS) is 8.33. The molecule has 0 atom stereocenters. The molecule has 0 aliphatic carbocycles. The summed E-state index contributed by atoms with van der Waals surface area (Å²) in [5.74, 6) is -1.43. The fourth-order valence-electron chi connectivity index (χ4n) is 0.549. The molecular formula is C7H8N2O6. The smallest absolute Gasteiger partial charge is 0.368 e. The van der Waals surface area contributed by atoms with Crippen molar-refractivity contribution in [2.45, 2.75) is 0 Å². The van der Waals surface area contributed by atoms with E-state index in [1.165, 1.54) is 19.4 Å². The van der Waals surface area contributed by atoms with E-state index < -0.39 is 17.2 Å². The van der Waals surface area contributed by atoms with E-state index >= 15 is 0 Å². The Hall–Kier alpha value is -2.38. The lowest BCUT2D eigenvalue weighted by Crippen LogP contribution is -2.31. The molecule has 0 saturated heterocycles. The first-order chi connectivity index (χ1) is 7.01. The van der Waals surface area contributed by atoms with Crippen LogP contribution in [0.1, 0.15) is 0 Å². The van der Waals surface area contributed by atoms with Crippen molar-refractivity contribution in [1.82, 2.24) is 9.71 Å². The molecule has 15 heavy (non-hydrogen) atoms. The van der Waals surface area contributed by atoms with Crippen LogP contribution in [-0.4, -0.2) is 34.2 Å². The van der Waals surface area contributed by atoms with Gasteiger partial charge in [-0.15, -0.1) is 4.73 Å². The minimum Gasteiger partial charge on any atom is -0.476 e. The van der Waals surface area contributed by atoms with Gasteiger partial charge in [0.2, 0.25) is 6.29 Å². The zero-order chi connectivity index (χ0) is 11.8. The molecule has 0 amide bonds. The minimum absolute atomic E-state index is 0.167. The number of carboxylic acids is 1. The zero-order valence-electron chi connectivity index (χ0n) is 7.67. The third-order valence-electron chi connectivity index (χ3n) is 1.09. The Morgan fingerprint density at radius 3 is 2.47 bits per heavy atom. The van der Waals surface area contributed by atoms with Crippen LogP contribution in [0.3, 0.4) is 0 Å². The second-order valence-corrected chi connectivity index (χ2v) is 2.07. The molecule has 0 radical (unpaired) electrons. The van der Waals surface area contributed by atoms with E-state index in [-0.39, 0.29) is 6.29 Å². The minimum atomic E-state index is -1.43. The summed E-state index contributed by atoms with van der Waals surface area (Å²) in [5.41, 5.74) is -1.01. The van der Waals surface area contributed by atoms with Crippen LogP contribution in [0.25, 0.3) is 0 Å². The predicted molar refractivity (Wildman–Crippen MR) is 47.5 cm³/mol. The fraction of sp³-hybridized carbons (Fsp3) is 0.143. The lowest BCUT2D eigenvalue weighted by atomic mass is 10.7. The molecule has 0 fully saturated rings. The molecule has 8 nitrogen and oxygen atoms in total. The molecule has 1 rings (SSSR count). The molecule has 0 bridgehead atoms. The molecule has 0 aliphatic heterocycles. The third kappa shape index (κ3) is 5.03. The first-order valence-electron chi connectivity index (χ1n) is 3.55. The molecule has 0 aromatic carbocycles. The van der Waals surface area contributed by atoms with Crippen molar-refractivity contribution in [1.29, 1.82) is 0 Å². The quantitative estimate of drug-likeness (QED) is 0.430. The first kappa shape index (κ1) is 12.6. The largest absolute Gasteiger partial charge is 0.476 e. The summed E-state index contributed by atoms with van der Waals surface area (Å²) in [6, 6.07) is 1.20. The highest BCUT2D eigenvalue weighted by Gasteiger charge is 1.90. The second-order valence-electron chi connectivity index (χ2n) is 2.07. The molecule has 0 aliphatic rings. The van der Waals surface area contributed by atoms with Gasteiger partial charge >= 0.3 is 11.7 Å². The van der Waals surface area contributed by atoms with E-state index in [1.807, 2.05) is 4.98 Å². The van der Waals surface area contributed by atoms with Crippen LogP contribution in [0.15, 0.2) is 21.9 Å². The van der Waals surface area contributed by atoms with E-state index in [1.54, 1.807) is 0 Å². The average Bonchev–Trinajstić information content (AvgIpc) is 2.19. The number of aldehydes is 1. The van der Waals surface area contributed by atoms with Crippen molar-refractivity contribution >= 4 is 12.3 Å². The van der Waals surface area contributed by atoms with Gasteiger partial charge in [-0.2, -0.15) is 0 Å².